The molecule has 0 bridgehead atoms. The first-order valence-corrected chi connectivity index (χ1v) is 5.63. The van der Waals surface area contributed by atoms with Gasteiger partial charge in [-0.05, 0) is 31.0 Å². The zero-order chi connectivity index (χ0) is 13.3. The lowest BCUT2D eigenvalue weighted by Gasteiger charge is -2.25. The highest BCUT2D eigenvalue weighted by atomic mass is 19.4. The fourth-order valence-electron chi connectivity index (χ4n) is 2.23. The molecule has 0 aromatic heterocycles. The van der Waals surface area contributed by atoms with Crippen molar-refractivity contribution in [2.45, 2.75) is 25.1 Å². The molecule has 0 aliphatic carbocycles. The molecule has 3 nitrogen and oxygen atoms in total. The fourth-order valence-corrected chi connectivity index (χ4v) is 2.23. The molecule has 1 fully saturated rings. The van der Waals surface area contributed by atoms with Crippen molar-refractivity contribution in [3.8, 4) is 0 Å². The van der Waals surface area contributed by atoms with Crippen molar-refractivity contribution < 1.29 is 18.0 Å². The van der Waals surface area contributed by atoms with Gasteiger partial charge in [-0.1, -0.05) is 6.07 Å². The summed E-state index contributed by atoms with van der Waals surface area (Å²) < 4.78 is 37.8. The maximum Gasteiger partial charge on any atom is 0.416 e. The summed E-state index contributed by atoms with van der Waals surface area (Å²) in [5.41, 5.74) is 4.93. The van der Waals surface area contributed by atoms with E-state index < -0.39 is 23.7 Å². The Hall–Kier alpha value is -1.72. The number of benzene rings is 1. The lowest BCUT2D eigenvalue weighted by atomic mass is 10.1. The summed E-state index contributed by atoms with van der Waals surface area (Å²) in [6.45, 7) is 0.551. The second kappa shape index (κ2) is 4.51. The third kappa shape index (κ3) is 2.42. The van der Waals surface area contributed by atoms with E-state index in [0.717, 1.165) is 18.6 Å². The molecule has 1 heterocycles. The van der Waals surface area contributed by atoms with Gasteiger partial charge in [0.15, 0.2) is 0 Å². The predicted octanol–water partition coefficient (Wildman–Crippen LogP) is 2.16. The average molecular weight is 258 g/mol. The zero-order valence-corrected chi connectivity index (χ0v) is 9.57. The van der Waals surface area contributed by atoms with Gasteiger partial charge in [0, 0.05) is 12.2 Å². The smallest absolute Gasteiger partial charge is 0.368 e. The summed E-state index contributed by atoms with van der Waals surface area (Å²) in [5.74, 6) is -0.495. The number of amides is 1. The van der Waals surface area contributed by atoms with E-state index in [2.05, 4.69) is 0 Å². The second-order valence-corrected chi connectivity index (χ2v) is 4.30. The van der Waals surface area contributed by atoms with E-state index >= 15 is 0 Å². The highest BCUT2D eigenvalue weighted by Gasteiger charge is 2.33. The number of carbonyl (C=O) groups is 1. The van der Waals surface area contributed by atoms with E-state index in [9.17, 15) is 18.0 Å². The fraction of sp³-hybridized carbons (Fsp3) is 0.417. The van der Waals surface area contributed by atoms with Gasteiger partial charge < -0.3 is 10.6 Å². The molecule has 0 saturated carbocycles. The molecule has 18 heavy (non-hydrogen) atoms. The Morgan fingerprint density at radius 1 is 1.39 bits per heavy atom. The molecule has 1 unspecified atom stereocenters. The predicted molar refractivity (Wildman–Crippen MR) is 61.0 cm³/mol. The Balaban J connectivity index is 2.31. The SMILES string of the molecule is NC(=O)C1CCCN1c1cccc(C(F)(F)F)c1. The monoisotopic (exact) mass is 258 g/mol. The number of hydrogen-bond acceptors (Lipinski definition) is 2. The van der Waals surface area contributed by atoms with E-state index in [-0.39, 0.29) is 0 Å². The van der Waals surface area contributed by atoms with Crippen LogP contribution in [0.1, 0.15) is 18.4 Å². The number of hydrogen-bond donors (Lipinski definition) is 1. The number of anilines is 1. The Morgan fingerprint density at radius 3 is 2.72 bits per heavy atom. The van der Waals surface area contributed by atoms with Crippen LogP contribution in [0.3, 0.4) is 0 Å². The van der Waals surface area contributed by atoms with Gasteiger partial charge in [-0.3, -0.25) is 4.79 Å². The van der Waals surface area contributed by atoms with Crippen LogP contribution in [-0.2, 0) is 11.0 Å². The lowest BCUT2D eigenvalue weighted by molar-refractivity contribution is -0.137. The molecule has 1 saturated heterocycles. The number of primary amides is 1. The lowest BCUT2D eigenvalue weighted by Crippen LogP contribution is -2.40. The third-order valence-corrected chi connectivity index (χ3v) is 3.09. The molecule has 1 atom stereocenters. The first-order valence-electron chi connectivity index (χ1n) is 5.63. The molecule has 0 spiro atoms. The molecular formula is C12H13F3N2O. The number of nitrogens with zero attached hydrogens (tertiary/aromatic N) is 1. The van der Waals surface area contributed by atoms with Crippen LogP contribution in [0.15, 0.2) is 24.3 Å². The van der Waals surface area contributed by atoms with Gasteiger partial charge >= 0.3 is 6.18 Å². The summed E-state index contributed by atoms with van der Waals surface area (Å²) >= 11 is 0. The molecule has 1 aliphatic rings. The van der Waals surface area contributed by atoms with Gasteiger partial charge in [-0.25, -0.2) is 0 Å². The number of halogens is 3. The first-order chi connectivity index (χ1) is 8.39. The van der Waals surface area contributed by atoms with Gasteiger partial charge in [-0.2, -0.15) is 13.2 Å². The highest BCUT2D eigenvalue weighted by molar-refractivity contribution is 5.84. The van der Waals surface area contributed by atoms with Crippen LogP contribution >= 0.6 is 0 Å². The third-order valence-electron chi connectivity index (χ3n) is 3.09. The number of nitrogens with two attached hydrogens (primary N) is 1. The van der Waals surface area contributed by atoms with E-state index in [0.29, 0.717) is 18.7 Å². The topological polar surface area (TPSA) is 46.3 Å². The molecule has 1 aromatic carbocycles. The molecule has 1 amide bonds. The normalized spacial score (nSPS) is 20.2. The molecular weight excluding hydrogens is 245 g/mol. The number of carbonyl (C=O) groups excluding carboxylic acids is 1. The van der Waals surface area contributed by atoms with E-state index in [1.165, 1.54) is 6.07 Å². The minimum absolute atomic E-state index is 0.395. The second-order valence-electron chi connectivity index (χ2n) is 4.30. The maximum absolute atomic E-state index is 12.6. The minimum atomic E-state index is -4.38. The van der Waals surface area contributed by atoms with Crippen LogP contribution in [0.4, 0.5) is 18.9 Å². The highest BCUT2D eigenvalue weighted by Crippen LogP contribution is 2.33. The van der Waals surface area contributed by atoms with Crippen molar-refractivity contribution in [2.24, 2.45) is 5.73 Å². The number of alkyl halides is 3. The van der Waals surface area contributed by atoms with Crippen molar-refractivity contribution in [1.82, 2.24) is 0 Å². The minimum Gasteiger partial charge on any atom is -0.368 e. The van der Waals surface area contributed by atoms with Crippen molar-refractivity contribution in [1.29, 1.82) is 0 Å². The Morgan fingerprint density at radius 2 is 2.11 bits per heavy atom. The molecule has 0 radical (unpaired) electrons. The molecule has 1 aliphatic heterocycles. The Bertz CT molecular complexity index is 459. The molecule has 1 aromatic rings. The number of rotatable bonds is 2. The van der Waals surface area contributed by atoms with Gasteiger partial charge in [-0.15, -0.1) is 0 Å². The van der Waals surface area contributed by atoms with Crippen molar-refractivity contribution in [2.75, 3.05) is 11.4 Å². The van der Waals surface area contributed by atoms with Gasteiger partial charge in [0.1, 0.15) is 6.04 Å². The summed E-state index contributed by atoms with van der Waals surface area (Å²) in [4.78, 5) is 12.9. The van der Waals surface area contributed by atoms with Crippen LogP contribution in [0, 0.1) is 0 Å². The molecule has 2 N–H and O–H groups in total. The Labute approximate surface area is 102 Å². The van der Waals surface area contributed by atoms with Crippen molar-refractivity contribution in [3.63, 3.8) is 0 Å². The van der Waals surface area contributed by atoms with Gasteiger partial charge in [0.05, 0.1) is 5.56 Å². The average Bonchev–Trinajstić information content (AvgIpc) is 2.77. The zero-order valence-electron chi connectivity index (χ0n) is 9.57. The first kappa shape index (κ1) is 12.7. The maximum atomic E-state index is 12.6. The van der Waals surface area contributed by atoms with Crippen molar-refractivity contribution in [3.05, 3.63) is 29.8 Å². The summed E-state index contributed by atoms with van der Waals surface area (Å²) in [6.07, 6.45) is -3.03. The van der Waals surface area contributed by atoms with E-state index in [1.807, 2.05) is 0 Å². The van der Waals surface area contributed by atoms with Crippen LogP contribution in [0.25, 0.3) is 0 Å². The van der Waals surface area contributed by atoms with Crippen LogP contribution in [0.2, 0.25) is 0 Å². The van der Waals surface area contributed by atoms with Crippen LogP contribution in [-0.4, -0.2) is 18.5 Å². The quantitative estimate of drug-likeness (QED) is 0.883. The molecule has 98 valence electrons. The standard InChI is InChI=1S/C12H13F3N2O/c13-12(14,15)8-3-1-4-9(7-8)17-6-2-5-10(17)11(16)18/h1,3-4,7,10H,2,5-6H2,(H2,16,18). The largest absolute Gasteiger partial charge is 0.416 e. The summed E-state index contributed by atoms with van der Waals surface area (Å²) in [7, 11) is 0. The van der Waals surface area contributed by atoms with Crippen LogP contribution in [0.5, 0.6) is 0 Å². The Kier molecular flexibility index (Phi) is 3.19. The van der Waals surface area contributed by atoms with Crippen LogP contribution < -0.4 is 10.6 Å². The van der Waals surface area contributed by atoms with E-state index in [1.54, 1.807) is 11.0 Å². The summed E-state index contributed by atoms with van der Waals surface area (Å²) in [6, 6.07) is 4.47. The van der Waals surface area contributed by atoms with Crippen molar-refractivity contribution >= 4 is 11.6 Å². The molecule has 6 heteroatoms. The van der Waals surface area contributed by atoms with Gasteiger partial charge in [0.2, 0.25) is 5.91 Å². The molecule has 2 rings (SSSR count). The van der Waals surface area contributed by atoms with E-state index in [4.69, 9.17) is 5.73 Å². The summed E-state index contributed by atoms with van der Waals surface area (Å²) in [5, 5.41) is 0. The van der Waals surface area contributed by atoms with Gasteiger partial charge in [0.25, 0.3) is 0 Å².